The quantitative estimate of drug-likeness (QED) is 0.737. The Hall–Kier alpha value is -3.48. The molecule has 3 rings (SSSR count). The first-order chi connectivity index (χ1) is 12.5. The van der Waals surface area contributed by atoms with Gasteiger partial charge in [-0.2, -0.15) is 0 Å². The van der Waals surface area contributed by atoms with Crippen LogP contribution < -0.4 is 10.6 Å². The maximum Gasteiger partial charge on any atom is 0.255 e. The number of nitrogens with zero attached hydrogens (tertiary/aromatic N) is 2. The molecule has 0 spiro atoms. The number of nitrogens with one attached hydrogen (secondary N) is 2. The summed E-state index contributed by atoms with van der Waals surface area (Å²) in [7, 11) is 0. The maximum absolute atomic E-state index is 12.6. The van der Waals surface area contributed by atoms with Crippen LogP contribution in [-0.4, -0.2) is 22.0 Å². The number of aryl methyl sites for hydroxylation is 2. The second-order valence-electron chi connectivity index (χ2n) is 5.80. The average Bonchev–Trinajstić information content (AvgIpc) is 3.07. The highest BCUT2D eigenvalue weighted by Crippen LogP contribution is 2.21. The summed E-state index contributed by atoms with van der Waals surface area (Å²) in [6.07, 6.45) is 3.08. The first-order valence-corrected chi connectivity index (χ1v) is 8.06. The Morgan fingerprint density at radius 3 is 2.54 bits per heavy atom. The van der Waals surface area contributed by atoms with E-state index >= 15 is 0 Å². The zero-order valence-electron chi connectivity index (χ0n) is 14.4. The lowest BCUT2D eigenvalue weighted by atomic mass is 10.1. The summed E-state index contributed by atoms with van der Waals surface area (Å²) in [5.74, 6) is 0.0670. The van der Waals surface area contributed by atoms with Gasteiger partial charge in [-0.3, -0.25) is 14.6 Å². The summed E-state index contributed by atoms with van der Waals surface area (Å²) in [5.41, 5.74) is 2.74. The molecule has 0 unspecified atom stereocenters. The molecule has 7 heteroatoms. The van der Waals surface area contributed by atoms with Gasteiger partial charge in [0.2, 0.25) is 0 Å². The van der Waals surface area contributed by atoms with Gasteiger partial charge in [0.1, 0.15) is 11.5 Å². The van der Waals surface area contributed by atoms with E-state index in [0.29, 0.717) is 28.3 Å². The molecule has 1 aromatic carbocycles. The van der Waals surface area contributed by atoms with E-state index in [1.54, 1.807) is 49.6 Å². The number of benzene rings is 1. The molecular formula is C19H18N4O3. The van der Waals surface area contributed by atoms with E-state index in [2.05, 4.69) is 20.8 Å². The van der Waals surface area contributed by atoms with Gasteiger partial charge < -0.3 is 15.2 Å². The third-order valence-corrected chi connectivity index (χ3v) is 3.81. The van der Waals surface area contributed by atoms with Crippen molar-refractivity contribution in [1.29, 1.82) is 0 Å². The van der Waals surface area contributed by atoms with E-state index in [0.717, 1.165) is 5.56 Å². The van der Waals surface area contributed by atoms with Crippen LogP contribution in [0.2, 0.25) is 0 Å². The summed E-state index contributed by atoms with van der Waals surface area (Å²) in [6, 6.07) is 10.2. The van der Waals surface area contributed by atoms with Gasteiger partial charge in [0, 0.05) is 24.0 Å². The Labute approximate surface area is 150 Å². The number of para-hydroxylation sites is 1. The van der Waals surface area contributed by atoms with Crippen molar-refractivity contribution in [1.82, 2.24) is 15.5 Å². The van der Waals surface area contributed by atoms with E-state index in [1.807, 2.05) is 13.0 Å². The molecule has 0 fully saturated rings. The zero-order valence-corrected chi connectivity index (χ0v) is 14.4. The number of amides is 2. The Balaban J connectivity index is 1.78. The van der Waals surface area contributed by atoms with Gasteiger partial charge >= 0.3 is 0 Å². The van der Waals surface area contributed by atoms with Crippen LogP contribution in [0.25, 0.3) is 0 Å². The molecule has 0 aliphatic carbocycles. The molecule has 2 aromatic heterocycles. The molecule has 0 bridgehead atoms. The third kappa shape index (κ3) is 3.94. The predicted octanol–water partition coefficient (Wildman–Crippen LogP) is 2.87. The lowest BCUT2D eigenvalue weighted by molar-refractivity contribution is 0.0951. The second kappa shape index (κ2) is 7.60. The zero-order chi connectivity index (χ0) is 18.5. The molecule has 132 valence electrons. The standard InChI is InChI=1S/C19H18N4O3/c1-12-4-3-5-16(19(25)21-11-15-10-13(2)26-23-15)17(12)22-18(24)14-6-8-20-9-7-14/h3-10H,11H2,1-2H3,(H,21,25)(H,22,24). The van der Waals surface area contributed by atoms with Crippen LogP contribution in [0.15, 0.2) is 53.3 Å². The van der Waals surface area contributed by atoms with Gasteiger partial charge in [-0.15, -0.1) is 0 Å². The Morgan fingerprint density at radius 1 is 1.08 bits per heavy atom. The van der Waals surface area contributed by atoms with Crippen LogP contribution >= 0.6 is 0 Å². The first-order valence-electron chi connectivity index (χ1n) is 8.06. The highest BCUT2D eigenvalue weighted by atomic mass is 16.5. The molecule has 2 amide bonds. The molecule has 26 heavy (non-hydrogen) atoms. The lowest BCUT2D eigenvalue weighted by Crippen LogP contribution is -2.25. The number of hydrogen-bond acceptors (Lipinski definition) is 5. The van der Waals surface area contributed by atoms with E-state index in [-0.39, 0.29) is 18.4 Å². The molecule has 0 aliphatic rings. The van der Waals surface area contributed by atoms with Crippen molar-refractivity contribution < 1.29 is 14.1 Å². The van der Waals surface area contributed by atoms with Crippen LogP contribution in [0, 0.1) is 13.8 Å². The fraction of sp³-hybridized carbons (Fsp3) is 0.158. The highest BCUT2D eigenvalue weighted by molar-refractivity contribution is 6.09. The Bertz CT molecular complexity index is 935. The Kier molecular flexibility index (Phi) is 5.07. The van der Waals surface area contributed by atoms with Gasteiger partial charge in [-0.05, 0) is 37.6 Å². The van der Waals surface area contributed by atoms with Crippen molar-refractivity contribution in [2.75, 3.05) is 5.32 Å². The van der Waals surface area contributed by atoms with Gasteiger partial charge in [0.05, 0.1) is 17.8 Å². The monoisotopic (exact) mass is 350 g/mol. The van der Waals surface area contributed by atoms with Crippen LogP contribution in [0.4, 0.5) is 5.69 Å². The fourth-order valence-electron chi connectivity index (χ4n) is 2.48. The lowest BCUT2D eigenvalue weighted by Gasteiger charge is -2.13. The van der Waals surface area contributed by atoms with Crippen molar-refractivity contribution >= 4 is 17.5 Å². The minimum absolute atomic E-state index is 0.238. The van der Waals surface area contributed by atoms with E-state index in [4.69, 9.17) is 4.52 Å². The molecule has 0 saturated heterocycles. The van der Waals surface area contributed by atoms with Crippen molar-refractivity contribution in [3.8, 4) is 0 Å². The van der Waals surface area contributed by atoms with Gasteiger partial charge in [-0.25, -0.2) is 0 Å². The Morgan fingerprint density at radius 2 is 1.85 bits per heavy atom. The molecule has 7 nitrogen and oxygen atoms in total. The topological polar surface area (TPSA) is 97.1 Å². The van der Waals surface area contributed by atoms with E-state index in [1.165, 1.54) is 0 Å². The molecule has 2 N–H and O–H groups in total. The van der Waals surface area contributed by atoms with Crippen molar-refractivity contribution in [3.05, 3.63) is 76.9 Å². The molecule has 0 aliphatic heterocycles. The summed E-state index contributed by atoms with van der Waals surface area (Å²) in [6.45, 7) is 3.85. The number of rotatable bonds is 5. The first kappa shape index (κ1) is 17.3. The highest BCUT2D eigenvalue weighted by Gasteiger charge is 2.16. The van der Waals surface area contributed by atoms with Crippen molar-refractivity contribution in [3.63, 3.8) is 0 Å². The number of pyridine rings is 1. The number of carbonyl (C=O) groups excluding carboxylic acids is 2. The van der Waals surface area contributed by atoms with Crippen LogP contribution in [-0.2, 0) is 6.54 Å². The predicted molar refractivity (Wildman–Crippen MR) is 95.8 cm³/mol. The number of hydrogen-bond donors (Lipinski definition) is 2. The average molecular weight is 350 g/mol. The smallest absolute Gasteiger partial charge is 0.255 e. The molecule has 0 atom stereocenters. The summed E-state index contributed by atoms with van der Waals surface area (Å²) in [4.78, 5) is 28.9. The molecule has 3 aromatic rings. The summed E-state index contributed by atoms with van der Waals surface area (Å²) >= 11 is 0. The molecule has 0 saturated carbocycles. The number of carbonyl (C=O) groups is 2. The van der Waals surface area contributed by atoms with Gasteiger partial charge in [-0.1, -0.05) is 17.3 Å². The minimum atomic E-state index is -0.306. The molecular weight excluding hydrogens is 332 g/mol. The minimum Gasteiger partial charge on any atom is -0.361 e. The van der Waals surface area contributed by atoms with E-state index in [9.17, 15) is 9.59 Å². The SMILES string of the molecule is Cc1cc(CNC(=O)c2cccc(C)c2NC(=O)c2ccncc2)no1. The van der Waals surface area contributed by atoms with Gasteiger partial charge in [0.25, 0.3) is 11.8 Å². The van der Waals surface area contributed by atoms with Crippen LogP contribution in [0.3, 0.4) is 0 Å². The van der Waals surface area contributed by atoms with Crippen LogP contribution in [0.1, 0.15) is 37.7 Å². The summed E-state index contributed by atoms with van der Waals surface area (Å²) < 4.78 is 4.98. The van der Waals surface area contributed by atoms with E-state index < -0.39 is 0 Å². The second-order valence-corrected chi connectivity index (χ2v) is 5.80. The van der Waals surface area contributed by atoms with Crippen molar-refractivity contribution in [2.45, 2.75) is 20.4 Å². The number of aromatic nitrogens is 2. The van der Waals surface area contributed by atoms with Crippen LogP contribution in [0.5, 0.6) is 0 Å². The maximum atomic E-state index is 12.6. The largest absolute Gasteiger partial charge is 0.361 e. The van der Waals surface area contributed by atoms with Gasteiger partial charge in [0.15, 0.2) is 0 Å². The summed E-state index contributed by atoms with van der Waals surface area (Å²) in [5, 5.41) is 9.45. The fourth-order valence-corrected chi connectivity index (χ4v) is 2.48. The van der Waals surface area contributed by atoms with Crippen molar-refractivity contribution in [2.24, 2.45) is 0 Å². The number of anilines is 1. The normalized spacial score (nSPS) is 10.4. The molecule has 2 heterocycles. The molecule has 0 radical (unpaired) electrons. The third-order valence-electron chi connectivity index (χ3n) is 3.81.